The van der Waals surface area contributed by atoms with Gasteiger partial charge in [0.05, 0.1) is 15.3 Å². The van der Waals surface area contributed by atoms with Gasteiger partial charge in [0.1, 0.15) is 0 Å². The second-order valence-corrected chi connectivity index (χ2v) is 8.41. The highest BCUT2D eigenvalue weighted by Gasteiger charge is 2.15. The molecule has 0 aliphatic rings. The van der Waals surface area contributed by atoms with Gasteiger partial charge in [0.15, 0.2) is 0 Å². The van der Waals surface area contributed by atoms with E-state index in [1.165, 1.54) is 24.3 Å². The molecule has 1 amide bonds. The van der Waals surface area contributed by atoms with Crippen LogP contribution < -0.4 is 10.0 Å². The van der Waals surface area contributed by atoms with Crippen LogP contribution >= 0.6 is 23.2 Å². The molecule has 0 unspecified atom stereocenters. The first kappa shape index (κ1) is 18.6. The third-order valence-electron chi connectivity index (χ3n) is 3.21. The lowest BCUT2D eigenvalue weighted by atomic mass is 10.2. The summed E-state index contributed by atoms with van der Waals surface area (Å²) in [5.41, 5.74) is 1.29. The first-order valence-corrected chi connectivity index (χ1v) is 9.37. The Bertz CT molecular complexity index is 850. The van der Waals surface area contributed by atoms with E-state index in [4.69, 9.17) is 23.2 Å². The maximum absolute atomic E-state index is 12.2. The van der Waals surface area contributed by atoms with Crippen LogP contribution in [0.4, 0.5) is 11.4 Å². The summed E-state index contributed by atoms with van der Waals surface area (Å²) < 4.78 is 26.1. The van der Waals surface area contributed by atoms with Crippen molar-refractivity contribution in [3.63, 3.8) is 0 Å². The largest absolute Gasteiger partial charge is 0.322 e. The van der Waals surface area contributed by atoms with E-state index in [0.717, 1.165) is 0 Å². The molecule has 0 aliphatic carbocycles. The summed E-state index contributed by atoms with van der Waals surface area (Å²) in [6.07, 6.45) is 0. The number of carbonyl (C=O) groups excluding carboxylic acids is 1. The molecule has 2 aromatic rings. The summed E-state index contributed by atoms with van der Waals surface area (Å²) in [6.45, 7) is 3.17. The average Bonchev–Trinajstić information content (AvgIpc) is 2.51. The SMILES string of the molecule is CC(C)S(=O)(=O)Nc1ccc(C(=O)Nc2ccc(Cl)c(Cl)c2)cc1. The summed E-state index contributed by atoms with van der Waals surface area (Å²) >= 11 is 11.7. The van der Waals surface area contributed by atoms with Crippen LogP contribution in [0.15, 0.2) is 42.5 Å². The number of anilines is 2. The van der Waals surface area contributed by atoms with Crippen molar-refractivity contribution in [3.05, 3.63) is 58.1 Å². The molecule has 24 heavy (non-hydrogen) atoms. The number of sulfonamides is 1. The molecule has 0 fully saturated rings. The number of carbonyl (C=O) groups is 1. The molecule has 2 rings (SSSR count). The highest BCUT2D eigenvalue weighted by atomic mass is 35.5. The highest BCUT2D eigenvalue weighted by molar-refractivity contribution is 7.93. The number of rotatable bonds is 5. The molecule has 2 N–H and O–H groups in total. The minimum absolute atomic E-state index is 0.341. The number of hydrogen-bond donors (Lipinski definition) is 2. The molecule has 0 atom stereocenters. The molecule has 2 aromatic carbocycles. The van der Waals surface area contributed by atoms with Gasteiger partial charge < -0.3 is 5.32 Å². The van der Waals surface area contributed by atoms with E-state index in [-0.39, 0.29) is 5.91 Å². The Balaban J connectivity index is 2.10. The molecule has 0 heterocycles. The van der Waals surface area contributed by atoms with Gasteiger partial charge >= 0.3 is 0 Å². The number of nitrogens with one attached hydrogen (secondary N) is 2. The second kappa shape index (κ2) is 7.42. The number of halogens is 2. The van der Waals surface area contributed by atoms with Crippen molar-refractivity contribution in [2.45, 2.75) is 19.1 Å². The van der Waals surface area contributed by atoms with E-state index in [2.05, 4.69) is 10.0 Å². The van der Waals surface area contributed by atoms with Crippen LogP contribution in [0.5, 0.6) is 0 Å². The van der Waals surface area contributed by atoms with E-state index >= 15 is 0 Å². The molecule has 8 heteroatoms. The lowest BCUT2D eigenvalue weighted by Gasteiger charge is -2.11. The maximum Gasteiger partial charge on any atom is 0.255 e. The van der Waals surface area contributed by atoms with Crippen molar-refractivity contribution in [1.82, 2.24) is 0 Å². The molecule has 0 radical (unpaired) electrons. The summed E-state index contributed by atoms with van der Waals surface area (Å²) in [5.74, 6) is -0.341. The fraction of sp³-hybridized carbons (Fsp3) is 0.188. The van der Waals surface area contributed by atoms with Gasteiger partial charge in [-0.1, -0.05) is 23.2 Å². The van der Waals surface area contributed by atoms with Crippen molar-refractivity contribution in [2.75, 3.05) is 10.0 Å². The fourth-order valence-electron chi connectivity index (χ4n) is 1.75. The van der Waals surface area contributed by atoms with E-state index < -0.39 is 15.3 Å². The second-order valence-electron chi connectivity index (χ2n) is 5.36. The molecule has 0 saturated heterocycles. The Hall–Kier alpha value is -1.76. The zero-order valence-electron chi connectivity index (χ0n) is 13.0. The Labute approximate surface area is 151 Å². The standard InChI is InChI=1S/C16H16Cl2N2O3S/c1-10(2)24(22,23)20-12-5-3-11(4-6-12)16(21)19-13-7-8-14(17)15(18)9-13/h3-10,20H,1-2H3,(H,19,21). The topological polar surface area (TPSA) is 75.3 Å². The Morgan fingerprint density at radius 3 is 2.08 bits per heavy atom. The molecule has 0 aliphatic heterocycles. The molecule has 0 aromatic heterocycles. The predicted molar refractivity (Wildman–Crippen MR) is 98.5 cm³/mol. The zero-order valence-corrected chi connectivity index (χ0v) is 15.3. The van der Waals surface area contributed by atoms with Crippen molar-refractivity contribution < 1.29 is 13.2 Å². The van der Waals surface area contributed by atoms with Gasteiger partial charge in [0, 0.05) is 16.9 Å². The number of amides is 1. The van der Waals surface area contributed by atoms with Gasteiger partial charge in [-0.15, -0.1) is 0 Å². The van der Waals surface area contributed by atoms with Crippen LogP contribution in [-0.4, -0.2) is 19.6 Å². The molecule has 128 valence electrons. The van der Waals surface area contributed by atoms with Crippen LogP contribution in [0.3, 0.4) is 0 Å². The number of benzene rings is 2. The van der Waals surface area contributed by atoms with Crippen LogP contribution in [0.2, 0.25) is 10.0 Å². The lowest BCUT2D eigenvalue weighted by Crippen LogP contribution is -2.22. The van der Waals surface area contributed by atoms with Crippen LogP contribution in [0.25, 0.3) is 0 Å². The minimum Gasteiger partial charge on any atom is -0.322 e. The van der Waals surface area contributed by atoms with E-state index in [9.17, 15) is 13.2 Å². The van der Waals surface area contributed by atoms with Gasteiger partial charge in [-0.2, -0.15) is 0 Å². The summed E-state index contributed by atoms with van der Waals surface area (Å²) in [5, 5.41) is 2.89. The van der Waals surface area contributed by atoms with Gasteiger partial charge in [-0.05, 0) is 56.3 Å². The van der Waals surface area contributed by atoms with E-state index in [0.29, 0.717) is 27.0 Å². The quantitative estimate of drug-likeness (QED) is 0.799. The maximum atomic E-state index is 12.2. The first-order chi connectivity index (χ1) is 11.2. The predicted octanol–water partition coefficient (Wildman–Crippen LogP) is 4.40. The monoisotopic (exact) mass is 386 g/mol. The van der Waals surface area contributed by atoms with E-state index in [1.54, 1.807) is 32.0 Å². The van der Waals surface area contributed by atoms with Crippen molar-refractivity contribution in [2.24, 2.45) is 0 Å². The Kier molecular flexibility index (Phi) is 5.74. The zero-order chi connectivity index (χ0) is 17.9. The van der Waals surface area contributed by atoms with Crippen molar-refractivity contribution in [1.29, 1.82) is 0 Å². The van der Waals surface area contributed by atoms with Crippen molar-refractivity contribution >= 4 is 50.5 Å². The average molecular weight is 387 g/mol. The molecular weight excluding hydrogens is 371 g/mol. The smallest absolute Gasteiger partial charge is 0.255 e. The van der Waals surface area contributed by atoms with Crippen LogP contribution in [0.1, 0.15) is 24.2 Å². The normalized spacial score (nSPS) is 11.4. The first-order valence-electron chi connectivity index (χ1n) is 7.07. The minimum atomic E-state index is -3.42. The van der Waals surface area contributed by atoms with E-state index in [1.807, 2.05) is 0 Å². The summed E-state index contributed by atoms with van der Waals surface area (Å²) in [4.78, 5) is 12.2. The highest BCUT2D eigenvalue weighted by Crippen LogP contribution is 2.25. The van der Waals surface area contributed by atoms with Crippen LogP contribution in [-0.2, 0) is 10.0 Å². The summed E-state index contributed by atoms with van der Waals surface area (Å²) in [7, 11) is -3.42. The van der Waals surface area contributed by atoms with Gasteiger partial charge in [-0.25, -0.2) is 8.42 Å². The van der Waals surface area contributed by atoms with Gasteiger partial charge in [0.25, 0.3) is 5.91 Å². The third-order valence-corrected chi connectivity index (χ3v) is 5.71. The molecular formula is C16H16Cl2N2O3S. The lowest BCUT2D eigenvalue weighted by molar-refractivity contribution is 0.102. The van der Waals surface area contributed by atoms with Gasteiger partial charge in [0.2, 0.25) is 10.0 Å². The molecule has 5 nitrogen and oxygen atoms in total. The Morgan fingerprint density at radius 1 is 0.958 bits per heavy atom. The summed E-state index contributed by atoms with van der Waals surface area (Å²) in [6, 6.07) is 10.9. The Morgan fingerprint density at radius 2 is 1.54 bits per heavy atom. The third kappa shape index (κ3) is 4.63. The van der Waals surface area contributed by atoms with Crippen LogP contribution in [0, 0.1) is 0 Å². The van der Waals surface area contributed by atoms with Gasteiger partial charge in [-0.3, -0.25) is 9.52 Å². The fourth-order valence-corrected chi connectivity index (χ4v) is 2.75. The molecule has 0 saturated carbocycles. The number of hydrogen-bond acceptors (Lipinski definition) is 3. The molecule has 0 bridgehead atoms. The van der Waals surface area contributed by atoms with Crippen molar-refractivity contribution in [3.8, 4) is 0 Å². The molecule has 0 spiro atoms.